The Morgan fingerprint density at radius 1 is 0.520 bits per heavy atom. The van der Waals surface area contributed by atoms with E-state index in [4.69, 9.17) is 19.3 Å². The fourth-order valence-corrected chi connectivity index (χ4v) is 6.23. The lowest BCUT2D eigenvalue weighted by Crippen LogP contribution is -2.29. The monoisotopic (exact) mass is 729 g/mol. The number of carbonyl (C=O) groups is 2. The molecule has 0 aromatic heterocycles. The average molecular weight is 729 g/mol. The minimum Gasteiger partial charge on any atom is -0.462 e. The van der Waals surface area contributed by atoms with Crippen molar-refractivity contribution in [2.24, 2.45) is 0 Å². The molecule has 0 heterocycles. The number of hydrogen-bond acceptors (Lipinski definition) is 6. The molecule has 0 spiro atoms. The summed E-state index contributed by atoms with van der Waals surface area (Å²) >= 11 is 0. The zero-order valence-electron chi connectivity index (χ0n) is 32.3. The molecule has 0 saturated carbocycles. The van der Waals surface area contributed by atoms with Crippen molar-refractivity contribution in [2.75, 3.05) is 13.2 Å². The van der Waals surface area contributed by atoms with Gasteiger partial charge in [0, 0.05) is 12.8 Å². The predicted molar refractivity (Wildman–Crippen MR) is 207 cm³/mol. The molecule has 2 N–H and O–H groups in total. The maximum absolute atomic E-state index is 12.4. The fraction of sp³-hybridized carbons (Fsp3) is 0.854. The molecule has 0 saturated heterocycles. The van der Waals surface area contributed by atoms with Crippen molar-refractivity contribution in [1.82, 2.24) is 0 Å². The minimum atomic E-state index is -4.75. The molecular formula is C41H77O8P. The Hall–Kier alpha value is -1.47. The number of phosphoric acid groups is 1. The molecule has 50 heavy (non-hydrogen) atoms. The molecule has 0 aromatic rings. The van der Waals surface area contributed by atoms with Crippen LogP contribution in [0.3, 0.4) is 0 Å². The second-order valence-electron chi connectivity index (χ2n) is 14.0. The van der Waals surface area contributed by atoms with Crippen LogP contribution in [0.5, 0.6) is 0 Å². The largest absolute Gasteiger partial charge is 0.469 e. The van der Waals surface area contributed by atoms with Crippen molar-refractivity contribution < 1.29 is 37.9 Å². The fourth-order valence-electron chi connectivity index (χ4n) is 5.87. The zero-order chi connectivity index (χ0) is 36.8. The zero-order valence-corrected chi connectivity index (χ0v) is 33.2. The Morgan fingerprint density at radius 2 is 0.900 bits per heavy atom. The molecule has 1 atom stereocenters. The van der Waals surface area contributed by atoms with Crippen LogP contribution in [-0.2, 0) is 28.2 Å². The highest BCUT2D eigenvalue weighted by atomic mass is 31.2. The molecule has 294 valence electrons. The Bertz CT molecular complexity index is 869. The number of unbranched alkanes of at least 4 members (excludes halogenated alkanes) is 24. The first-order valence-electron chi connectivity index (χ1n) is 20.6. The predicted octanol–water partition coefficient (Wildman–Crippen LogP) is 12.4. The van der Waals surface area contributed by atoms with E-state index >= 15 is 0 Å². The third-order valence-corrected chi connectivity index (χ3v) is 9.46. The number of allylic oxidation sites excluding steroid dienone is 4. The molecule has 0 aliphatic carbocycles. The summed E-state index contributed by atoms with van der Waals surface area (Å²) in [6.45, 7) is 3.67. The quantitative estimate of drug-likeness (QED) is 0.0279. The summed E-state index contributed by atoms with van der Waals surface area (Å²) in [7, 11) is -4.75. The number of ether oxygens (including phenoxy) is 2. The first-order chi connectivity index (χ1) is 24.3. The third kappa shape index (κ3) is 39.3. The minimum absolute atomic E-state index is 0.210. The summed E-state index contributed by atoms with van der Waals surface area (Å²) in [5, 5.41) is 0. The molecule has 0 fully saturated rings. The molecule has 0 amide bonds. The second-order valence-corrected chi connectivity index (χ2v) is 15.2. The number of esters is 2. The van der Waals surface area contributed by atoms with Gasteiger partial charge in [0.25, 0.3) is 0 Å². The van der Waals surface area contributed by atoms with E-state index in [0.717, 1.165) is 51.4 Å². The lowest BCUT2D eigenvalue weighted by Gasteiger charge is -2.18. The van der Waals surface area contributed by atoms with Gasteiger partial charge >= 0.3 is 19.8 Å². The van der Waals surface area contributed by atoms with Crippen molar-refractivity contribution in [1.29, 1.82) is 0 Å². The van der Waals surface area contributed by atoms with Crippen molar-refractivity contribution in [3.05, 3.63) is 24.3 Å². The number of hydrogen-bond donors (Lipinski definition) is 2. The van der Waals surface area contributed by atoms with Crippen molar-refractivity contribution in [3.8, 4) is 0 Å². The van der Waals surface area contributed by atoms with Crippen LogP contribution < -0.4 is 0 Å². The van der Waals surface area contributed by atoms with Gasteiger partial charge in [-0.05, 0) is 44.9 Å². The van der Waals surface area contributed by atoms with E-state index in [-0.39, 0.29) is 19.4 Å². The van der Waals surface area contributed by atoms with Gasteiger partial charge in [-0.15, -0.1) is 0 Å². The van der Waals surface area contributed by atoms with Gasteiger partial charge in [-0.3, -0.25) is 14.1 Å². The van der Waals surface area contributed by atoms with Gasteiger partial charge in [-0.2, -0.15) is 0 Å². The van der Waals surface area contributed by atoms with Crippen molar-refractivity contribution in [3.63, 3.8) is 0 Å². The van der Waals surface area contributed by atoms with E-state index in [2.05, 4.69) is 42.7 Å². The van der Waals surface area contributed by atoms with Crippen molar-refractivity contribution in [2.45, 2.75) is 213 Å². The van der Waals surface area contributed by atoms with Crippen LogP contribution in [0.25, 0.3) is 0 Å². The molecule has 0 radical (unpaired) electrons. The van der Waals surface area contributed by atoms with E-state index < -0.39 is 32.5 Å². The molecule has 0 rings (SSSR count). The normalized spacial score (nSPS) is 12.6. The lowest BCUT2D eigenvalue weighted by atomic mass is 10.0. The number of phosphoric ester groups is 1. The smallest absolute Gasteiger partial charge is 0.462 e. The molecular weight excluding hydrogens is 651 g/mol. The highest BCUT2D eigenvalue weighted by Gasteiger charge is 2.22. The molecule has 0 aliphatic rings. The second kappa shape index (κ2) is 37.3. The summed E-state index contributed by atoms with van der Waals surface area (Å²) in [6, 6.07) is 0. The Morgan fingerprint density at radius 3 is 1.36 bits per heavy atom. The Balaban J connectivity index is 3.90. The molecule has 8 nitrogen and oxygen atoms in total. The van der Waals surface area contributed by atoms with Gasteiger partial charge in [-0.25, -0.2) is 4.57 Å². The van der Waals surface area contributed by atoms with Crippen LogP contribution >= 0.6 is 7.82 Å². The first-order valence-corrected chi connectivity index (χ1v) is 22.2. The molecule has 0 aliphatic heterocycles. The van der Waals surface area contributed by atoms with E-state index in [9.17, 15) is 14.2 Å². The molecule has 0 aromatic carbocycles. The van der Waals surface area contributed by atoms with Gasteiger partial charge in [0.2, 0.25) is 0 Å². The van der Waals surface area contributed by atoms with E-state index in [1.165, 1.54) is 122 Å². The maximum Gasteiger partial charge on any atom is 0.469 e. The SMILES string of the molecule is CCCCC/C=C\C/C=C\CCCCCCCCCCCC(=O)OC(COC(=O)CCCCCCCCCCCCCCC)COP(=O)(O)O. The first kappa shape index (κ1) is 48.5. The van der Waals surface area contributed by atoms with Crippen LogP contribution in [0.15, 0.2) is 24.3 Å². The third-order valence-electron chi connectivity index (χ3n) is 8.97. The standard InChI is InChI=1S/C41H77O8P/c1-3-5-7-9-11-13-15-17-18-19-20-21-22-24-26-28-30-32-34-36-41(43)49-39(38-48-50(44,45)46)37-47-40(42)35-33-31-29-27-25-23-16-14-12-10-8-6-4-2/h11,13,17-18,39H,3-10,12,14-16,19-38H2,1-2H3,(H2,44,45,46)/b13-11-,18-17-. The summed E-state index contributed by atoms with van der Waals surface area (Å²) in [5.74, 6) is -0.882. The van der Waals surface area contributed by atoms with Gasteiger partial charge in [0.1, 0.15) is 6.61 Å². The van der Waals surface area contributed by atoms with Crippen LogP contribution in [0, 0.1) is 0 Å². The van der Waals surface area contributed by atoms with E-state index in [1.807, 2.05) is 0 Å². The van der Waals surface area contributed by atoms with Gasteiger partial charge in [-0.1, -0.05) is 173 Å². The van der Waals surface area contributed by atoms with Crippen LogP contribution in [0.1, 0.15) is 206 Å². The highest BCUT2D eigenvalue weighted by molar-refractivity contribution is 7.46. The molecule has 1 unspecified atom stereocenters. The lowest BCUT2D eigenvalue weighted by molar-refractivity contribution is -0.161. The van der Waals surface area contributed by atoms with Crippen LogP contribution in [0.2, 0.25) is 0 Å². The van der Waals surface area contributed by atoms with Gasteiger partial charge in [0.05, 0.1) is 6.61 Å². The topological polar surface area (TPSA) is 119 Å². The average Bonchev–Trinajstić information content (AvgIpc) is 3.08. The van der Waals surface area contributed by atoms with E-state index in [0.29, 0.717) is 6.42 Å². The Kier molecular flexibility index (Phi) is 36.2. The molecule has 9 heteroatoms. The summed E-state index contributed by atoms with van der Waals surface area (Å²) < 4.78 is 26.4. The Labute approximate surface area is 307 Å². The highest BCUT2D eigenvalue weighted by Crippen LogP contribution is 2.36. The molecule has 0 bridgehead atoms. The van der Waals surface area contributed by atoms with Crippen LogP contribution in [-0.4, -0.2) is 41.0 Å². The van der Waals surface area contributed by atoms with Crippen molar-refractivity contribution >= 4 is 19.8 Å². The summed E-state index contributed by atoms with van der Waals surface area (Å²) in [5.41, 5.74) is 0. The number of rotatable bonds is 38. The number of carbonyl (C=O) groups excluding carboxylic acids is 2. The van der Waals surface area contributed by atoms with Crippen LogP contribution in [0.4, 0.5) is 0 Å². The summed E-state index contributed by atoms with van der Waals surface area (Å²) in [4.78, 5) is 42.8. The summed E-state index contributed by atoms with van der Waals surface area (Å²) in [6.07, 6.45) is 41.8. The van der Waals surface area contributed by atoms with Gasteiger partial charge in [0.15, 0.2) is 6.10 Å². The van der Waals surface area contributed by atoms with E-state index in [1.54, 1.807) is 0 Å². The van der Waals surface area contributed by atoms with Gasteiger partial charge < -0.3 is 19.3 Å². The maximum atomic E-state index is 12.4.